The van der Waals surface area contributed by atoms with Crippen LogP contribution in [0.2, 0.25) is 0 Å². The first-order valence-electron chi connectivity index (χ1n) is 2.81. The molecule has 0 heterocycles. The van der Waals surface area contributed by atoms with E-state index in [0.29, 0.717) is 13.0 Å². The summed E-state index contributed by atoms with van der Waals surface area (Å²) in [7, 11) is 1.36. The Morgan fingerprint density at radius 3 is 3.00 bits per heavy atom. The van der Waals surface area contributed by atoms with E-state index < -0.39 is 0 Å². The van der Waals surface area contributed by atoms with E-state index in [1.54, 1.807) is 0 Å². The number of amides is 2. The molecule has 0 unspecified atom stereocenters. The van der Waals surface area contributed by atoms with Crippen molar-refractivity contribution in [1.29, 1.82) is 0 Å². The molecule has 0 rings (SSSR count). The molecule has 0 spiro atoms. The molecule has 4 heteroatoms. The second-order valence-electron chi connectivity index (χ2n) is 1.52. The second kappa shape index (κ2) is 5.92. The molecule has 0 saturated heterocycles. The maximum atomic E-state index is 10.5. The van der Waals surface area contributed by atoms with Crippen molar-refractivity contribution in [3.05, 3.63) is 0 Å². The van der Waals surface area contributed by atoms with Gasteiger partial charge >= 0.3 is 6.03 Å². The highest BCUT2D eigenvalue weighted by Gasteiger charge is 1.93. The summed E-state index contributed by atoms with van der Waals surface area (Å²) < 4.78 is 0. The van der Waals surface area contributed by atoms with Gasteiger partial charge in [-0.1, -0.05) is 0 Å². The van der Waals surface area contributed by atoms with Gasteiger partial charge in [-0.05, 0) is 0 Å². The summed E-state index contributed by atoms with van der Waals surface area (Å²) in [5.74, 6) is 2.38. The van der Waals surface area contributed by atoms with E-state index >= 15 is 0 Å². The van der Waals surface area contributed by atoms with Gasteiger partial charge in [-0.25, -0.2) is 10.3 Å². The third-order valence-electron chi connectivity index (χ3n) is 0.750. The number of urea groups is 1. The van der Waals surface area contributed by atoms with Crippen molar-refractivity contribution in [2.45, 2.75) is 6.42 Å². The molecule has 0 fully saturated rings. The topological polar surface area (TPSA) is 50.4 Å². The van der Waals surface area contributed by atoms with E-state index in [1.165, 1.54) is 7.11 Å². The van der Waals surface area contributed by atoms with Gasteiger partial charge in [0.1, 0.15) is 0 Å². The Bertz CT molecular complexity index is 139. The lowest BCUT2D eigenvalue weighted by Crippen LogP contribution is -2.35. The Morgan fingerprint density at radius 2 is 2.50 bits per heavy atom. The molecule has 0 aliphatic carbocycles. The van der Waals surface area contributed by atoms with Crippen molar-refractivity contribution in [1.82, 2.24) is 10.8 Å². The first-order valence-corrected chi connectivity index (χ1v) is 2.81. The highest BCUT2D eigenvalue weighted by Crippen LogP contribution is 1.70. The molecular weight excluding hydrogens is 132 g/mol. The predicted octanol–water partition coefficient (Wildman–Crippen LogP) is -0.130. The minimum Gasteiger partial charge on any atom is -0.335 e. The third kappa shape index (κ3) is 4.94. The molecule has 4 nitrogen and oxygen atoms in total. The van der Waals surface area contributed by atoms with Crippen molar-refractivity contribution in [3.8, 4) is 12.3 Å². The van der Waals surface area contributed by atoms with E-state index in [1.807, 2.05) is 0 Å². The number of hydrogen-bond acceptors (Lipinski definition) is 2. The van der Waals surface area contributed by atoms with Gasteiger partial charge in [-0.15, -0.1) is 12.3 Å². The van der Waals surface area contributed by atoms with Crippen LogP contribution in [0.15, 0.2) is 0 Å². The fourth-order valence-electron chi connectivity index (χ4n) is 0.377. The van der Waals surface area contributed by atoms with Gasteiger partial charge in [-0.3, -0.25) is 4.84 Å². The van der Waals surface area contributed by atoms with Crippen LogP contribution in [-0.2, 0) is 4.84 Å². The van der Waals surface area contributed by atoms with Crippen molar-refractivity contribution < 1.29 is 9.63 Å². The monoisotopic (exact) mass is 142 g/mol. The number of rotatable bonds is 3. The zero-order valence-electron chi connectivity index (χ0n) is 5.81. The molecule has 56 valence electrons. The van der Waals surface area contributed by atoms with Gasteiger partial charge < -0.3 is 5.32 Å². The SMILES string of the molecule is C#CCCNC(=O)NOC. The van der Waals surface area contributed by atoms with Crippen molar-refractivity contribution >= 4 is 6.03 Å². The largest absolute Gasteiger partial charge is 0.338 e. The van der Waals surface area contributed by atoms with Crippen LogP contribution in [0.25, 0.3) is 0 Å². The number of carbonyl (C=O) groups is 1. The van der Waals surface area contributed by atoms with Gasteiger partial charge in [0.2, 0.25) is 0 Å². The molecule has 0 bridgehead atoms. The fraction of sp³-hybridized carbons (Fsp3) is 0.500. The molecular formula is C6H10N2O2. The molecule has 0 radical (unpaired) electrons. The summed E-state index contributed by atoms with van der Waals surface area (Å²) in [5.41, 5.74) is 2.09. The number of hydrogen-bond donors (Lipinski definition) is 2. The standard InChI is InChI=1S/C6H10N2O2/c1-3-4-5-7-6(9)8-10-2/h1H,4-5H2,2H3,(H2,7,8,9). The maximum Gasteiger partial charge on any atom is 0.338 e. The Hall–Kier alpha value is -1.21. The van der Waals surface area contributed by atoms with E-state index in [2.05, 4.69) is 21.6 Å². The summed E-state index contributed by atoms with van der Waals surface area (Å²) in [6, 6.07) is -0.377. The van der Waals surface area contributed by atoms with Crippen LogP contribution in [0.4, 0.5) is 4.79 Å². The zero-order chi connectivity index (χ0) is 7.82. The Morgan fingerprint density at radius 1 is 1.80 bits per heavy atom. The van der Waals surface area contributed by atoms with Gasteiger partial charge in [-0.2, -0.15) is 0 Å². The summed E-state index contributed by atoms with van der Waals surface area (Å²) in [4.78, 5) is 14.8. The predicted molar refractivity (Wildman–Crippen MR) is 37.0 cm³/mol. The van der Waals surface area contributed by atoms with Crippen molar-refractivity contribution in [2.24, 2.45) is 0 Å². The van der Waals surface area contributed by atoms with E-state index in [0.717, 1.165) is 0 Å². The van der Waals surface area contributed by atoms with E-state index in [9.17, 15) is 4.79 Å². The highest BCUT2D eigenvalue weighted by atomic mass is 16.6. The molecule has 0 aliphatic rings. The number of terminal acetylenes is 1. The first-order chi connectivity index (χ1) is 4.81. The molecule has 0 aromatic rings. The lowest BCUT2D eigenvalue weighted by Gasteiger charge is -2.01. The normalized spacial score (nSPS) is 8.00. The molecule has 0 aromatic heterocycles. The first kappa shape index (κ1) is 8.79. The second-order valence-corrected chi connectivity index (χ2v) is 1.52. The molecule has 2 N–H and O–H groups in total. The Kier molecular flexibility index (Phi) is 5.20. The minimum absolute atomic E-state index is 0.377. The summed E-state index contributed by atoms with van der Waals surface area (Å²) in [5, 5.41) is 2.47. The van der Waals surface area contributed by atoms with Crippen LogP contribution in [0.1, 0.15) is 6.42 Å². The lowest BCUT2D eigenvalue weighted by atomic mass is 10.4. The number of carbonyl (C=O) groups excluding carboxylic acids is 1. The van der Waals surface area contributed by atoms with Gasteiger partial charge in [0.15, 0.2) is 0 Å². The van der Waals surface area contributed by atoms with Crippen LogP contribution in [-0.4, -0.2) is 19.7 Å². The van der Waals surface area contributed by atoms with Crippen LogP contribution in [0, 0.1) is 12.3 Å². The van der Waals surface area contributed by atoms with E-state index in [4.69, 9.17) is 6.42 Å². The van der Waals surface area contributed by atoms with Crippen LogP contribution in [0.5, 0.6) is 0 Å². The van der Waals surface area contributed by atoms with Crippen LogP contribution >= 0.6 is 0 Å². The quantitative estimate of drug-likeness (QED) is 0.327. The van der Waals surface area contributed by atoms with Crippen LogP contribution < -0.4 is 10.8 Å². The van der Waals surface area contributed by atoms with Crippen molar-refractivity contribution in [2.75, 3.05) is 13.7 Å². The van der Waals surface area contributed by atoms with E-state index in [-0.39, 0.29) is 6.03 Å². The smallest absolute Gasteiger partial charge is 0.335 e. The highest BCUT2D eigenvalue weighted by molar-refractivity contribution is 5.72. The molecule has 2 amide bonds. The molecule has 0 aromatic carbocycles. The number of nitrogens with one attached hydrogen (secondary N) is 2. The Balaban J connectivity index is 3.15. The fourth-order valence-corrected chi connectivity index (χ4v) is 0.377. The summed E-state index contributed by atoms with van der Waals surface area (Å²) in [6.07, 6.45) is 5.46. The summed E-state index contributed by atoms with van der Waals surface area (Å²) >= 11 is 0. The number of hydroxylamine groups is 1. The molecule has 10 heavy (non-hydrogen) atoms. The zero-order valence-corrected chi connectivity index (χ0v) is 5.81. The van der Waals surface area contributed by atoms with Gasteiger partial charge in [0, 0.05) is 13.0 Å². The average Bonchev–Trinajstić information content (AvgIpc) is 1.89. The van der Waals surface area contributed by atoms with Gasteiger partial charge in [0.05, 0.1) is 7.11 Å². The maximum absolute atomic E-state index is 10.5. The molecule has 0 saturated carbocycles. The van der Waals surface area contributed by atoms with Gasteiger partial charge in [0.25, 0.3) is 0 Å². The average molecular weight is 142 g/mol. The minimum atomic E-state index is -0.377. The van der Waals surface area contributed by atoms with Crippen molar-refractivity contribution in [3.63, 3.8) is 0 Å². The molecule has 0 aliphatic heterocycles. The summed E-state index contributed by atoms with van der Waals surface area (Å²) in [6.45, 7) is 0.464. The Labute approximate surface area is 59.9 Å². The van der Waals surface area contributed by atoms with Crippen LogP contribution in [0.3, 0.4) is 0 Å². The molecule has 0 atom stereocenters. The third-order valence-corrected chi connectivity index (χ3v) is 0.750. The lowest BCUT2D eigenvalue weighted by molar-refractivity contribution is 0.107.